The molecule has 2 aromatic rings. The van der Waals surface area contributed by atoms with Crippen LogP contribution in [0.3, 0.4) is 0 Å². The highest BCUT2D eigenvalue weighted by Crippen LogP contribution is 2.16. The number of nitrogens with zero attached hydrogens (tertiary/aromatic N) is 5. The van der Waals surface area contributed by atoms with Crippen molar-refractivity contribution < 1.29 is 0 Å². The van der Waals surface area contributed by atoms with Gasteiger partial charge in [-0.05, 0) is 18.8 Å². The van der Waals surface area contributed by atoms with Crippen LogP contribution in [0.15, 0.2) is 17.5 Å². The van der Waals surface area contributed by atoms with Gasteiger partial charge in [0.15, 0.2) is 11.6 Å². The Bertz CT molecular complexity index is 661. The number of anilines is 1. The maximum absolute atomic E-state index is 4.28. The molecule has 24 heavy (non-hydrogen) atoms. The Labute approximate surface area is 143 Å². The van der Waals surface area contributed by atoms with Crippen LogP contribution in [-0.4, -0.2) is 52.4 Å². The molecule has 0 aliphatic carbocycles. The summed E-state index contributed by atoms with van der Waals surface area (Å²) >= 11 is 0. The van der Waals surface area contributed by atoms with Crippen LogP contribution in [-0.2, 0) is 7.05 Å². The first-order chi connectivity index (χ1) is 11.6. The number of fused-ring (bicyclic) bond motifs is 1. The molecule has 0 amide bonds. The van der Waals surface area contributed by atoms with Crippen molar-refractivity contribution in [3.63, 3.8) is 0 Å². The van der Waals surface area contributed by atoms with E-state index in [-0.39, 0.29) is 0 Å². The van der Waals surface area contributed by atoms with Gasteiger partial charge in [0.2, 0.25) is 0 Å². The number of guanidine groups is 1. The molecule has 0 saturated heterocycles. The van der Waals surface area contributed by atoms with Gasteiger partial charge < -0.3 is 16.0 Å². The normalized spacial score (nSPS) is 12.0. The summed E-state index contributed by atoms with van der Waals surface area (Å²) in [7, 11) is 3.66. The van der Waals surface area contributed by atoms with E-state index in [4.69, 9.17) is 0 Å². The molecule has 0 atom stereocenters. The monoisotopic (exact) mass is 332 g/mol. The molecular weight excluding hydrogens is 304 g/mol. The number of nitrogens with one attached hydrogen (secondary N) is 3. The standard InChI is InChI=1S/C16H28N8/c1-12(2)6-5-7-19-16(17-3)20-9-8-18-14-13-10-23-24(4)15(13)22-11-21-14/h10-12H,5-9H2,1-4H3,(H2,17,19,20)(H,18,21,22). The first-order valence-electron chi connectivity index (χ1n) is 8.43. The summed E-state index contributed by atoms with van der Waals surface area (Å²) in [5.41, 5.74) is 0.822. The molecule has 132 valence electrons. The Kier molecular flexibility index (Phi) is 6.77. The third-order valence-electron chi connectivity index (χ3n) is 3.71. The molecule has 2 heterocycles. The summed E-state index contributed by atoms with van der Waals surface area (Å²) in [6.45, 7) is 6.90. The Morgan fingerprint density at radius 3 is 2.75 bits per heavy atom. The van der Waals surface area contributed by atoms with Crippen molar-refractivity contribution >= 4 is 22.8 Å². The summed E-state index contributed by atoms with van der Waals surface area (Å²) in [4.78, 5) is 12.7. The van der Waals surface area contributed by atoms with Crippen molar-refractivity contribution in [1.29, 1.82) is 0 Å². The third-order valence-corrected chi connectivity index (χ3v) is 3.71. The minimum Gasteiger partial charge on any atom is -0.368 e. The minimum absolute atomic E-state index is 0.730. The molecule has 0 radical (unpaired) electrons. The van der Waals surface area contributed by atoms with E-state index in [1.165, 1.54) is 6.42 Å². The zero-order valence-electron chi connectivity index (χ0n) is 15.0. The topological polar surface area (TPSA) is 92.1 Å². The van der Waals surface area contributed by atoms with Crippen LogP contribution in [0.5, 0.6) is 0 Å². The molecule has 0 bridgehead atoms. The zero-order valence-corrected chi connectivity index (χ0v) is 15.0. The van der Waals surface area contributed by atoms with E-state index in [1.54, 1.807) is 24.3 Å². The van der Waals surface area contributed by atoms with Crippen molar-refractivity contribution in [3.05, 3.63) is 12.5 Å². The largest absolute Gasteiger partial charge is 0.368 e. The van der Waals surface area contributed by atoms with Gasteiger partial charge in [0, 0.05) is 33.7 Å². The van der Waals surface area contributed by atoms with Crippen LogP contribution in [0.4, 0.5) is 5.82 Å². The fourth-order valence-electron chi connectivity index (χ4n) is 2.40. The maximum atomic E-state index is 4.28. The highest BCUT2D eigenvalue weighted by atomic mass is 15.3. The van der Waals surface area contributed by atoms with E-state index >= 15 is 0 Å². The molecule has 0 saturated carbocycles. The van der Waals surface area contributed by atoms with E-state index in [0.29, 0.717) is 0 Å². The maximum Gasteiger partial charge on any atom is 0.191 e. The van der Waals surface area contributed by atoms with Gasteiger partial charge in [-0.15, -0.1) is 0 Å². The number of aromatic nitrogens is 4. The number of hydrogen-bond acceptors (Lipinski definition) is 5. The van der Waals surface area contributed by atoms with Crippen LogP contribution in [0, 0.1) is 5.92 Å². The lowest BCUT2D eigenvalue weighted by Crippen LogP contribution is -2.40. The van der Waals surface area contributed by atoms with Crippen molar-refractivity contribution in [2.75, 3.05) is 32.0 Å². The Morgan fingerprint density at radius 1 is 1.21 bits per heavy atom. The molecule has 0 fully saturated rings. The van der Waals surface area contributed by atoms with Crippen molar-refractivity contribution in [3.8, 4) is 0 Å². The molecule has 0 aromatic carbocycles. The van der Waals surface area contributed by atoms with E-state index in [2.05, 4.69) is 49.9 Å². The highest BCUT2D eigenvalue weighted by Gasteiger charge is 2.06. The third kappa shape index (κ3) is 5.07. The summed E-state index contributed by atoms with van der Waals surface area (Å²) in [6, 6.07) is 0. The number of aryl methyl sites for hydroxylation is 1. The lowest BCUT2D eigenvalue weighted by atomic mass is 10.1. The fourth-order valence-corrected chi connectivity index (χ4v) is 2.40. The van der Waals surface area contributed by atoms with Crippen LogP contribution in [0.25, 0.3) is 11.0 Å². The van der Waals surface area contributed by atoms with Crippen molar-refractivity contribution in [2.45, 2.75) is 26.7 Å². The lowest BCUT2D eigenvalue weighted by Gasteiger charge is -2.13. The first-order valence-corrected chi connectivity index (χ1v) is 8.43. The molecule has 2 rings (SSSR count). The Hall–Kier alpha value is -2.38. The number of aliphatic imine (C=N–C) groups is 1. The molecule has 0 unspecified atom stereocenters. The van der Waals surface area contributed by atoms with Gasteiger partial charge in [0.05, 0.1) is 11.6 Å². The Balaban J connectivity index is 1.73. The number of hydrogen-bond donors (Lipinski definition) is 3. The summed E-state index contributed by atoms with van der Waals surface area (Å²) in [5.74, 6) is 2.37. The second-order valence-electron chi connectivity index (χ2n) is 6.12. The van der Waals surface area contributed by atoms with E-state index in [9.17, 15) is 0 Å². The molecular formula is C16H28N8. The molecule has 0 spiro atoms. The van der Waals surface area contributed by atoms with Gasteiger partial charge >= 0.3 is 0 Å². The van der Waals surface area contributed by atoms with Crippen molar-refractivity contribution in [1.82, 2.24) is 30.4 Å². The second kappa shape index (κ2) is 9.05. The lowest BCUT2D eigenvalue weighted by molar-refractivity contribution is 0.549. The summed E-state index contributed by atoms with van der Waals surface area (Å²) in [5, 5.41) is 15.1. The smallest absolute Gasteiger partial charge is 0.191 e. The highest BCUT2D eigenvalue weighted by molar-refractivity contribution is 5.86. The molecule has 0 aliphatic heterocycles. The summed E-state index contributed by atoms with van der Waals surface area (Å²) < 4.78 is 1.74. The van der Waals surface area contributed by atoms with Gasteiger partial charge in [0.1, 0.15) is 12.1 Å². The average Bonchev–Trinajstić information content (AvgIpc) is 2.95. The van der Waals surface area contributed by atoms with Gasteiger partial charge in [-0.2, -0.15) is 5.10 Å². The van der Waals surface area contributed by atoms with Gasteiger partial charge in [-0.1, -0.05) is 13.8 Å². The van der Waals surface area contributed by atoms with E-state index < -0.39 is 0 Å². The summed E-state index contributed by atoms with van der Waals surface area (Å²) in [6.07, 6.45) is 5.70. The van der Waals surface area contributed by atoms with Crippen LogP contribution < -0.4 is 16.0 Å². The zero-order chi connectivity index (χ0) is 17.4. The average molecular weight is 332 g/mol. The van der Waals surface area contributed by atoms with Crippen LogP contribution in [0.1, 0.15) is 26.7 Å². The SMILES string of the molecule is CN=C(NCCCC(C)C)NCCNc1ncnc2c1cnn2C. The second-order valence-corrected chi connectivity index (χ2v) is 6.12. The predicted molar refractivity (Wildman–Crippen MR) is 98.2 cm³/mol. The van der Waals surface area contributed by atoms with Crippen LogP contribution >= 0.6 is 0 Å². The first kappa shape index (κ1) is 18.0. The van der Waals surface area contributed by atoms with E-state index in [1.807, 2.05) is 7.05 Å². The minimum atomic E-state index is 0.730. The molecule has 2 aromatic heterocycles. The Morgan fingerprint density at radius 2 is 2.00 bits per heavy atom. The molecule has 0 aliphatic rings. The number of rotatable bonds is 8. The quantitative estimate of drug-likeness (QED) is 0.384. The van der Waals surface area contributed by atoms with Gasteiger partial charge in [-0.25, -0.2) is 9.97 Å². The van der Waals surface area contributed by atoms with Crippen molar-refractivity contribution in [2.24, 2.45) is 18.0 Å². The van der Waals surface area contributed by atoms with Gasteiger partial charge in [-0.3, -0.25) is 9.67 Å². The molecule has 8 heteroatoms. The molecule has 3 N–H and O–H groups in total. The fraction of sp³-hybridized carbons (Fsp3) is 0.625. The van der Waals surface area contributed by atoms with Gasteiger partial charge in [0.25, 0.3) is 0 Å². The van der Waals surface area contributed by atoms with E-state index in [0.717, 1.165) is 54.8 Å². The van der Waals surface area contributed by atoms with Crippen LogP contribution in [0.2, 0.25) is 0 Å². The predicted octanol–water partition coefficient (Wildman–Crippen LogP) is 1.38. The molecule has 8 nitrogen and oxygen atoms in total.